The minimum Gasteiger partial charge on any atom is -0.486 e. The van der Waals surface area contributed by atoms with E-state index >= 15 is 0 Å². The number of hydrogen-bond acceptors (Lipinski definition) is 6. The summed E-state index contributed by atoms with van der Waals surface area (Å²) in [6.45, 7) is 0.123. The Morgan fingerprint density at radius 3 is 2.61 bits per heavy atom. The van der Waals surface area contributed by atoms with Crippen LogP contribution in [0.25, 0.3) is 0 Å². The molecule has 0 amide bonds. The first kappa shape index (κ1) is 15.6. The Morgan fingerprint density at radius 2 is 1.87 bits per heavy atom. The van der Waals surface area contributed by atoms with E-state index in [2.05, 4.69) is 0 Å². The first-order valence-electron chi connectivity index (χ1n) is 7.00. The van der Waals surface area contributed by atoms with Crippen LogP contribution in [-0.2, 0) is 14.3 Å². The normalized spacial score (nSPS) is 16.8. The average molecular weight is 336 g/mol. The molecule has 1 unspecified atom stereocenters. The standard InChI is InChI=1S/C16H16O6S/c1-23(17,18)20-11-14-10-19-16-9-13(7-8-15(16)22-14)21-12-5-3-2-4-6-12/h2-9,14H,10-11H2,1H3. The summed E-state index contributed by atoms with van der Waals surface area (Å²) >= 11 is 0. The Morgan fingerprint density at radius 1 is 1.09 bits per heavy atom. The number of rotatable bonds is 5. The number of para-hydroxylation sites is 1. The van der Waals surface area contributed by atoms with Crippen molar-refractivity contribution in [3.63, 3.8) is 0 Å². The monoisotopic (exact) mass is 336 g/mol. The minimum absolute atomic E-state index is 0.0828. The van der Waals surface area contributed by atoms with Gasteiger partial charge in [0.1, 0.15) is 24.7 Å². The lowest BCUT2D eigenvalue weighted by atomic mass is 10.2. The van der Waals surface area contributed by atoms with Gasteiger partial charge in [-0.15, -0.1) is 0 Å². The second-order valence-electron chi connectivity index (χ2n) is 5.06. The van der Waals surface area contributed by atoms with Crippen LogP contribution in [0.5, 0.6) is 23.0 Å². The third-order valence-corrected chi connectivity index (χ3v) is 3.64. The molecule has 1 heterocycles. The van der Waals surface area contributed by atoms with Crippen LogP contribution in [0.15, 0.2) is 48.5 Å². The molecule has 6 nitrogen and oxygen atoms in total. The summed E-state index contributed by atoms with van der Waals surface area (Å²) in [5, 5.41) is 0. The van der Waals surface area contributed by atoms with Crippen molar-refractivity contribution in [3.05, 3.63) is 48.5 Å². The third kappa shape index (κ3) is 4.37. The molecule has 7 heteroatoms. The third-order valence-electron chi connectivity index (χ3n) is 3.08. The largest absolute Gasteiger partial charge is 0.486 e. The van der Waals surface area contributed by atoms with Gasteiger partial charge in [-0.3, -0.25) is 4.18 Å². The second kappa shape index (κ2) is 6.47. The van der Waals surface area contributed by atoms with E-state index < -0.39 is 16.2 Å². The Labute approximate surface area is 134 Å². The van der Waals surface area contributed by atoms with Gasteiger partial charge in [-0.25, -0.2) is 0 Å². The van der Waals surface area contributed by atoms with Gasteiger partial charge in [-0.1, -0.05) is 18.2 Å². The van der Waals surface area contributed by atoms with E-state index in [1.54, 1.807) is 18.2 Å². The number of fused-ring (bicyclic) bond motifs is 1. The van der Waals surface area contributed by atoms with Gasteiger partial charge >= 0.3 is 0 Å². The zero-order valence-electron chi connectivity index (χ0n) is 12.5. The van der Waals surface area contributed by atoms with Crippen LogP contribution >= 0.6 is 0 Å². The summed E-state index contributed by atoms with van der Waals surface area (Å²) in [4.78, 5) is 0. The molecule has 0 fully saturated rings. The lowest BCUT2D eigenvalue weighted by Gasteiger charge is -2.26. The highest BCUT2D eigenvalue weighted by molar-refractivity contribution is 7.85. The molecule has 1 aliphatic rings. The van der Waals surface area contributed by atoms with Gasteiger partial charge in [-0.2, -0.15) is 8.42 Å². The van der Waals surface area contributed by atoms with Crippen LogP contribution in [0.4, 0.5) is 0 Å². The Hall–Kier alpha value is -2.25. The van der Waals surface area contributed by atoms with Crippen molar-refractivity contribution in [2.75, 3.05) is 19.5 Å². The number of hydrogen-bond donors (Lipinski definition) is 0. The maximum absolute atomic E-state index is 11.0. The fourth-order valence-electron chi connectivity index (χ4n) is 2.06. The summed E-state index contributed by atoms with van der Waals surface area (Å²) in [6.07, 6.45) is 0.524. The van der Waals surface area contributed by atoms with Crippen molar-refractivity contribution in [1.82, 2.24) is 0 Å². The topological polar surface area (TPSA) is 71.1 Å². The quantitative estimate of drug-likeness (QED) is 0.782. The molecule has 0 radical (unpaired) electrons. The Balaban J connectivity index is 1.66. The molecule has 0 spiro atoms. The van der Waals surface area contributed by atoms with Gasteiger partial charge in [0.25, 0.3) is 10.1 Å². The summed E-state index contributed by atoms with van der Waals surface area (Å²) in [5.41, 5.74) is 0. The molecule has 0 saturated heterocycles. The van der Waals surface area contributed by atoms with E-state index in [0.717, 1.165) is 12.0 Å². The Bertz CT molecular complexity index is 772. The van der Waals surface area contributed by atoms with Gasteiger partial charge < -0.3 is 14.2 Å². The highest BCUT2D eigenvalue weighted by atomic mass is 32.2. The first-order chi connectivity index (χ1) is 11.0. The van der Waals surface area contributed by atoms with Gasteiger partial charge in [0, 0.05) is 6.07 Å². The number of ether oxygens (including phenoxy) is 3. The van der Waals surface area contributed by atoms with Crippen LogP contribution in [0, 0.1) is 0 Å². The van der Waals surface area contributed by atoms with Crippen LogP contribution in [-0.4, -0.2) is 34.0 Å². The summed E-state index contributed by atoms with van der Waals surface area (Å²) in [7, 11) is -3.50. The molecule has 1 aliphatic heterocycles. The van der Waals surface area contributed by atoms with E-state index in [9.17, 15) is 8.42 Å². The molecule has 1 atom stereocenters. The molecule has 23 heavy (non-hydrogen) atoms. The van der Waals surface area contributed by atoms with E-state index in [1.807, 2.05) is 30.3 Å². The van der Waals surface area contributed by atoms with Crippen molar-refractivity contribution < 1.29 is 26.8 Å². The van der Waals surface area contributed by atoms with Gasteiger partial charge in [0.15, 0.2) is 17.6 Å². The molecule has 0 aromatic heterocycles. The van der Waals surface area contributed by atoms with Crippen molar-refractivity contribution in [2.45, 2.75) is 6.10 Å². The SMILES string of the molecule is CS(=O)(=O)OCC1COc2cc(Oc3ccccc3)ccc2O1. The zero-order valence-corrected chi connectivity index (χ0v) is 13.3. The molecule has 0 saturated carbocycles. The van der Waals surface area contributed by atoms with Crippen molar-refractivity contribution in [3.8, 4) is 23.0 Å². The van der Waals surface area contributed by atoms with Gasteiger partial charge in [0.05, 0.1) is 6.26 Å². The zero-order chi connectivity index (χ0) is 16.3. The first-order valence-corrected chi connectivity index (χ1v) is 8.82. The minimum atomic E-state index is -3.50. The molecule has 0 bridgehead atoms. The van der Waals surface area contributed by atoms with Crippen LogP contribution < -0.4 is 14.2 Å². The molecule has 2 aromatic rings. The van der Waals surface area contributed by atoms with Gasteiger partial charge in [0.2, 0.25) is 0 Å². The average Bonchev–Trinajstić information content (AvgIpc) is 2.53. The van der Waals surface area contributed by atoms with Crippen LogP contribution in [0.1, 0.15) is 0 Å². The molecular formula is C16H16O6S. The molecular weight excluding hydrogens is 320 g/mol. The van der Waals surface area contributed by atoms with E-state index in [4.69, 9.17) is 18.4 Å². The number of benzene rings is 2. The highest BCUT2D eigenvalue weighted by Crippen LogP contribution is 2.36. The van der Waals surface area contributed by atoms with E-state index in [-0.39, 0.29) is 13.2 Å². The maximum atomic E-state index is 11.0. The van der Waals surface area contributed by atoms with E-state index in [1.165, 1.54) is 0 Å². The predicted molar refractivity (Wildman–Crippen MR) is 83.7 cm³/mol. The lowest BCUT2D eigenvalue weighted by molar-refractivity contribution is 0.0556. The fraction of sp³-hybridized carbons (Fsp3) is 0.250. The molecule has 0 N–H and O–H groups in total. The molecule has 0 aliphatic carbocycles. The molecule has 3 rings (SSSR count). The van der Waals surface area contributed by atoms with Crippen LogP contribution in [0.3, 0.4) is 0 Å². The lowest BCUT2D eigenvalue weighted by Crippen LogP contribution is -2.34. The smallest absolute Gasteiger partial charge is 0.264 e. The Kier molecular flexibility index (Phi) is 4.40. The van der Waals surface area contributed by atoms with Crippen LogP contribution in [0.2, 0.25) is 0 Å². The molecule has 2 aromatic carbocycles. The molecule has 122 valence electrons. The van der Waals surface area contributed by atoms with Crippen molar-refractivity contribution in [2.24, 2.45) is 0 Å². The van der Waals surface area contributed by atoms with Crippen molar-refractivity contribution in [1.29, 1.82) is 0 Å². The maximum Gasteiger partial charge on any atom is 0.264 e. The fourth-order valence-corrected chi connectivity index (χ4v) is 2.46. The predicted octanol–water partition coefficient (Wildman–Crippen LogP) is 2.59. The summed E-state index contributed by atoms with van der Waals surface area (Å²) in [6, 6.07) is 14.6. The van der Waals surface area contributed by atoms with Crippen molar-refractivity contribution >= 4 is 10.1 Å². The summed E-state index contributed by atoms with van der Waals surface area (Å²) in [5.74, 6) is 2.43. The second-order valence-corrected chi connectivity index (χ2v) is 6.71. The highest BCUT2D eigenvalue weighted by Gasteiger charge is 2.23. The van der Waals surface area contributed by atoms with E-state index in [0.29, 0.717) is 17.2 Å². The summed E-state index contributed by atoms with van der Waals surface area (Å²) < 4.78 is 43.7. The van der Waals surface area contributed by atoms with Gasteiger partial charge in [-0.05, 0) is 24.3 Å².